The summed E-state index contributed by atoms with van der Waals surface area (Å²) in [5.41, 5.74) is 2.15. The highest BCUT2D eigenvalue weighted by Gasteiger charge is 2.48. The van der Waals surface area contributed by atoms with Crippen molar-refractivity contribution in [3.05, 3.63) is 70.3 Å². The zero-order valence-electron chi connectivity index (χ0n) is 12.1. The largest absolute Gasteiger partial charge is 0.421 e. The van der Waals surface area contributed by atoms with Gasteiger partial charge in [0.2, 0.25) is 0 Å². The third kappa shape index (κ3) is 1.94. The van der Waals surface area contributed by atoms with Gasteiger partial charge in [-0.3, -0.25) is 9.59 Å². The van der Waals surface area contributed by atoms with E-state index in [4.69, 9.17) is 4.74 Å². The average Bonchev–Trinajstić information content (AvgIpc) is 2.51. The van der Waals surface area contributed by atoms with Crippen molar-refractivity contribution >= 4 is 11.8 Å². The average molecular weight is 298 g/mol. The molecular formula is C17H14O5. The molecule has 0 aliphatic heterocycles. The van der Waals surface area contributed by atoms with Crippen LogP contribution in [0.4, 0.5) is 0 Å². The van der Waals surface area contributed by atoms with Gasteiger partial charge in [0.25, 0.3) is 5.79 Å². The van der Waals surface area contributed by atoms with Crippen LogP contribution in [-0.2, 0) is 20.2 Å². The number of aryl methyl sites for hydroxylation is 1. The number of rotatable bonds is 2. The molecular weight excluding hydrogens is 284 g/mol. The molecule has 2 aromatic rings. The summed E-state index contributed by atoms with van der Waals surface area (Å²) in [5, 5.41) is 9.55. The predicted octanol–water partition coefficient (Wildman–Crippen LogP) is 2.79. The normalized spacial score (nSPS) is 19.3. The molecule has 0 saturated carbocycles. The minimum absolute atomic E-state index is 0.200. The highest BCUT2D eigenvalue weighted by molar-refractivity contribution is 6.13. The molecule has 5 nitrogen and oxygen atoms in total. The van der Waals surface area contributed by atoms with Crippen LogP contribution in [0.15, 0.2) is 42.5 Å². The molecule has 0 amide bonds. The second kappa shape index (κ2) is 5.05. The lowest BCUT2D eigenvalue weighted by molar-refractivity contribution is -0.384. The fourth-order valence-electron chi connectivity index (χ4n) is 2.82. The highest BCUT2D eigenvalue weighted by Crippen LogP contribution is 2.43. The van der Waals surface area contributed by atoms with E-state index in [-0.39, 0.29) is 5.78 Å². The standard InChI is InChI=1S/C17H14O5/c1-10-7-8-15-13(9-10)16(19)12-5-3-4-6-14(12)17(15,22-20)21-11(2)18/h3-9,20H,1-2H3. The second-order valence-corrected chi connectivity index (χ2v) is 5.23. The maximum Gasteiger partial charge on any atom is 0.305 e. The molecule has 1 aliphatic carbocycles. The molecule has 1 aliphatic rings. The zero-order valence-corrected chi connectivity index (χ0v) is 12.1. The predicted molar refractivity (Wildman–Crippen MR) is 77.3 cm³/mol. The van der Waals surface area contributed by atoms with E-state index in [0.717, 1.165) is 5.56 Å². The lowest BCUT2D eigenvalue weighted by Gasteiger charge is -2.36. The lowest BCUT2D eigenvalue weighted by atomic mass is 9.80. The number of benzene rings is 2. The summed E-state index contributed by atoms with van der Waals surface area (Å²) in [6.07, 6.45) is 0. The number of fused-ring (bicyclic) bond motifs is 2. The molecule has 1 N–H and O–H groups in total. The van der Waals surface area contributed by atoms with Gasteiger partial charge in [-0.15, -0.1) is 0 Å². The second-order valence-electron chi connectivity index (χ2n) is 5.23. The maximum absolute atomic E-state index is 12.7. The number of hydrogen-bond acceptors (Lipinski definition) is 5. The Kier molecular flexibility index (Phi) is 3.31. The van der Waals surface area contributed by atoms with E-state index in [9.17, 15) is 14.8 Å². The van der Waals surface area contributed by atoms with Crippen LogP contribution in [0.25, 0.3) is 0 Å². The molecule has 112 valence electrons. The summed E-state index contributed by atoms with van der Waals surface area (Å²) in [6, 6.07) is 11.7. The Morgan fingerprint density at radius 3 is 2.45 bits per heavy atom. The van der Waals surface area contributed by atoms with Crippen LogP contribution in [0.5, 0.6) is 0 Å². The Labute approximate surface area is 127 Å². The number of esters is 1. The Morgan fingerprint density at radius 1 is 1.09 bits per heavy atom. The van der Waals surface area contributed by atoms with E-state index in [1.165, 1.54) is 6.92 Å². The van der Waals surface area contributed by atoms with Crippen LogP contribution < -0.4 is 0 Å². The van der Waals surface area contributed by atoms with Crippen molar-refractivity contribution in [2.75, 3.05) is 0 Å². The van der Waals surface area contributed by atoms with E-state index in [1.54, 1.807) is 42.5 Å². The molecule has 1 atom stereocenters. The summed E-state index contributed by atoms with van der Waals surface area (Å²) in [4.78, 5) is 28.9. The van der Waals surface area contributed by atoms with Crippen molar-refractivity contribution in [1.29, 1.82) is 0 Å². The summed E-state index contributed by atoms with van der Waals surface area (Å²) < 4.78 is 5.31. The van der Waals surface area contributed by atoms with E-state index < -0.39 is 11.8 Å². The smallest absolute Gasteiger partial charge is 0.305 e. The molecule has 5 heteroatoms. The van der Waals surface area contributed by atoms with Crippen LogP contribution in [0.3, 0.4) is 0 Å². The van der Waals surface area contributed by atoms with Crippen molar-refractivity contribution < 1.29 is 24.5 Å². The first-order valence-electron chi connectivity index (χ1n) is 6.77. The van der Waals surface area contributed by atoms with Crippen LogP contribution in [0, 0.1) is 6.92 Å². The van der Waals surface area contributed by atoms with Crippen molar-refractivity contribution in [1.82, 2.24) is 0 Å². The number of carbonyl (C=O) groups is 2. The summed E-state index contributed by atoms with van der Waals surface area (Å²) >= 11 is 0. The van der Waals surface area contributed by atoms with E-state index >= 15 is 0 Å². The first kappa shape index (κ1) is 14.4. The fourth-order valence-corrected chi connectivity index (χ4v) is 2.82. The molecule has 0 aromatic heterocycles. The Balaban J connectivity index is 2.37. The van der Waals surface area contributed by atoms with Gasteiger partial charge in [-0.25, -0.2) is 5.26 Å². The van der Waals surface area contributed by atoms with Gasteiger partial charge in [-0.05, 0) is 13.0 Å². The van der Waals surface area contributed by atoms with Gasteiger partial charge in [-0.2, -0.15) is 4.89 Å². The van der Waals surface area contributed by atoms with E-state index in [1.807, 2.05) is 6.92 Å². The van der Waals surface area contributed by atoms with Crippen molar-refractivity contribution in [3.8, 4) is 0 Å². The Hall–Kier alpha value is -2.50. The quantitative estimate of drug-likeness (QED) is 0.399. The molecule has 0 heterocycles. The highest BCUT2D eigenvalue weighted by atomic mass is 17.1. The van der Waals surface area contributed by atoms with E-state index in [2.05, 4.69) is 4.89 Å². The molecule has 3 rings (SSSR count). The summed E-state index contributed by atoms with van der Waals surface area (Å²) in [7, 11) is 0. The van der Waals surface area contributed by atoms with Crippen molar-refractivity contribution in [3.63, 3.8) is 0 Å². The molecule has 0 fully saturated rings. The maximum atomic E-state index is 12.7. The number of hydrogen-bond donors (Lipinski definition) is 1. The van der Waals surface area contributed by atoms with Crippen LogP contribution in [-0.4, -0.2) is 17.0 Å². The van der Waals surface area contributed by atoms with Crippen LogP contribution in [0.2, 0.25) is 0 Å². The number of ether oxygens (including phenoxy) is 1. The van der Waals surface area contributed by atoms with Gasteiger partial charge in [0.05, 0.1) is 0 Å². The third-order valence-electron chi connectivity index (χ3n) is 3.72. The van der Waals surface area contributed by atoms with Gasteiger partial charge in [0, 0.05) is 29.2 Å². The number of carbonyl (C=O) groups excluding carboxylic acids is 2. The monoisotopic (exact) mass is 298 g/mol. The van der Waals surface area contributed by atoms with Gasteiger partial charge >= 0.3 is 5.97 Å². The Morgan fingerprint density at radius 2 is 1.77 bits per heavy atom. The topological polar surface area (TPSA) is 72.8 Å². The molecule has 0 spiro atoms. The van der Waals surface area contributed by atoms with Crippen molar-refractivity contribution in [2.45, 2.75) is 19.6 Å². The third-order valence-corrected chi connectivity index (χ3v) is 3.72. The minimum Gasteiger partial charge on any atom is -0.421 e. The van der Waals surface area contributed by atoms with Crippen LogP contribution >= 0.6 is 0 Å². The molecule has 22 heavy (non-hydrogen) atoms. The van der Waals surface area contributed by atoms with Gasteiger partial charge in [0.15, 0.2) is 5.78 Å². The molecule has 0 saturated heterocycles. The number of ketones is 1. The lowest BCUT2D eigenvalue weighted by Crippen LogP contribution is -2.41. The fraction of sp³-hybridized carbons (Fsp3) is 0.176. The zero-order chi connectivity index (χ0) is 15.9. The molecule has 0 bridgehead atoms. The van der Waals surface area contributed by atoms with Crippen molar-refractivity contribution in [2.24, 2.45) is 0 Å². The van der Waals surface area contributed by atoms with Gasteiger partial charge in [-0.1, -0.05) is 42.0 Å². The van der Waals surface area contributed by atoms with E-state index in [0.29, 0.717) is 22.3 Å². The van der Waals surface area contributed by atoms with Crippen LogP contribution in [0.1, 0.15) is 39.5 Å². The first-order chi connectivity index (χ1) is 10.5. The molecule has 0 radical (unpaired) electrons. The van der Waals surface area contributed by atoms with Gasteiger partial charge < -0.3 is 4.74 Å². The molecule has 2 aromatic carbocycles. The van der Waals surface area contributed by atoms with Gasteiger partial charge in [0.1, 0.15) is 0 Å². The first-order valence-corrected chi connectivity index (χ1v) is 6.77. The summed E-state index contributed by atoms with van der Waals surface area (Å²) in [6.45, 7) is 3.06. The molecule has 1 unspecified atom stereocenters. The SMILES string of the molecule is CC(=O)OC1(OO)c2ccccc2C(=O)c2cc(C)ccc21. The minimum atomic E-state index is -1.83. The summed E-state index contributed by atoms with van der Waals surface area (Å²) in [5.74, 6) is -2.67. The Bertz CT molecular complexity index is 780.